The Hall–Kier alpha value is -2.04. The molecule has 4 aromatic rings. The second-order valence-electron chi connectivity index (χ2n) is 4.98. The SMILES string of the molecule is Clc1ccc(CSc2nnc3ccc4ccccc4n23)cc1. The number of fused-ring (bicyclic) bond motifs is 3. The average Bonchev–Trinajstić information content (AvgIpc) is 2.98. The molecule has 0 fully saturated rings. The molecule has 0 aliphatic rings. The molecule has 0 spiro atoms. The Labute approximate surface area is 136 Å². The first-order chi connectivity index (χ1) is 10.8. The lowest BCUT2D eigenvalue weighted by molar-refractivity contribution is 0.940. The molecule has 4 rings (SSSR count). The van der Waals surface area contributed by atoms with Crippen LogP contribution in [0.1, 0.15) is 5.56 Å². The van der Waals surface area contributed by atoms with E-state index in [1.165, 1.54) is 10.9 Å². The van der Waals surface area contributed by atoms with Gasteiger partial charge in [0.05, 0.1) is 5.52 Å². The van der Waals surface area contributed by atoms with Gasteiger partial charge in [-0.1, -0.05) is 53.7 Å². The molecule has 0 unspecified atom stereocenters. The Balaban J connectivity index is 1.72. The normalized spacial score (nSPS) is 11.3. The molecular formula is C17H12ClN3S. The van der Waals surface area contributed by atoms with E-state index in [0.717, 1.165) is 27.1 Å². The van der Waals surface area contributed by atoms with E-state index in [4.69, 9.17) is 11.6 Å². The van der Waals surface area contributed by atoms with Crippen LogP contribution in [0.5, 0.6) is 0 Å². The second-order valence-corrected chi connectivity index (χ2v) is 6.36. The number of hydrogen-bond donors (Lipinski definition) is 0. The first kappa shape index (κ1) is 13.6. The van der Waals surface area contributed by atoms with Crippen LogP contribution in [0.2, 0.25) is 5.02 Å². The summed E-state index contributed by atoms with van der Waals surface area (Å²) in [5.74, 6) is 0.835. The van der Waals surface area contributed by atoms with Crippen LogP contribution in [-0.2, 0) is 5.75 Å². The number of rotatable bonds is 3. The van der Waals surface area contributed by atoms with E-state index in [2.05, 4.69) is 32.8 Å². The van der Waals surface area contributed by atoms with Crippen molar-refractivity contribution in [1.82, 2.24) is 14.6 Å². The summed E-state index contributed by atoms with van der Waals surface area (Å²) in [6, 6.07) is 20.3. The molecule has 0 saturated carbocycles. The first-order valence-electron chi connectivity index (χ1n) is 6.91. The minimum atomic E-state index is 0.757. The van der Waals surface area contributed by atoms with Crippen LogP contribution in [-0.4, -0.2) is 14.6 Å². The average molecular weight is 326 g/mol. The summed E-state index contributed by atoms with van der Waals surface area (Å²) in [6.45, 7) is 0. The minimum Gasteiger partial charge on any atom is -0.270 e. The van der Waals surface area contributed by atoms with Crippen molar-refractivity contribution in [2.75, 3.05) is 0 Å². The zero-order chi connectivity index (χ0) is 14.9. The van der Waals surface area contributed by atoms with Crippen LogP contribution in [0.15, 0.2) is 65.8 Å². The number of halogens is 1. The summed E-state index contributed by atoms with van der Waals surface area (Å²) in [7, 11) is 0. The van der Waals surface area contributed by atoms with E-state index in [9.17, 15) is 0 Å². The Bertz CT molecular complexity index is 947. The molecule has 22 heavy (non-hydrogen) atoms. The number of thioether (sulfide) groups is 1. The van der Waals surface area contributed by atoms with E-state index >= 15 is 0 Å². The van der Waals surface area contributed by atoms with Crippen LogP contribution < -0.4 is 0 Å². The van der Waals surface area contributed by atoms with Crippen molar-refractivity contribution >= 4 is 39.9 Å². The van der Waals surface area contributed by atoms with Gasteiger partial charge in [-0.25, -0.2) is 0 Å². The standard InChI is InChI=1S/C17H12ClN3S/c18-14-8-5-12(6-9-14)11-22-17-20-19-16-10-7-13-3-1-2-4-15(13)21(16)17/h1-10H,11H2. The fraction of sp³-hybridized carbons (Fsp3) is 0.0588. The van der Waals surface area contributed by atoms with Gasteiger partial charge in [0, 0.05) is 10.8 Å². The quantitative estimate of drug-likeness (QED) is 0.505. The third kappa shape index (κ3) is 2.45. The molecule has 0 N–H and O–H groups in total. The monoisotopic (exact) mass is 325 g/mol. The van der Waals surface area contributed by atoms with Gasteiger partial charge in [-0.3, -0.25) is 4.40 Å². The second kappa shape index (κ2) is 5.63. The van der Waals surface area contributed by atoms with Gasteiger partial charge in [0.25, 0.3) is 0 Å². The van der Waals surface area contributed by atoms with Gasteiger partial charge in [-0.05, 0) is 41.3 Å². The third-order valence-corrected chi connectivity index (χ3v) is 4.78. The third-order valence-electron chi connectivity index (χ3n) is 3.53. The lowest BCUT2D eigenvalue weighted by Crippen LogP contribution is -1.91. The van der Waals surface area contributed by atoms with Crippen LogP contribution in [0, 0.1) is 0 Å². The molecule has 0 saturated heterocycles. The minimum absolute atomic E-state index is 0.757. The number of hydrogen-bond acceptors (Lipinski definition) is 3. The first-order valence-corrected chi connectivity index (χ1v) is 8.28. The van der Waals surface area contributed by atoms with Crippen LogP contribution in [0.4, 0.5) is 0 Å². The Morgan fingerprint density at radius 1 is 0.909 bits per heavy atom. The number of aromatic nitrogens is 3. The summed E-state index contributed by atoms with van der Waals surface area (Å²) in [5, 5.41) is 11.4. The fourth-order valence-electron chi connectivity index (χ4n) is 2.43. The molecular weight excluding hydrogens is 314 g/mol. The summed E-state index contributed by atoms with van der Waals surface area (Å²) in [6.07, 6.45) is 0. The van der Waals surface area contributed by atoms with E-state index in [-0.39, 0.29) is 0 Å². The van der Waals surface area contributed by atoms with Gasteiger partial charge >= 0.3 is 0 Å². The summed E-state index contributed by atoms with van der Waals surface area (Å²) in [5.41, 5.74) is 3.22. The van der Waals surface area contributed by atoms with E-state index in [1.807, 2.05) is 42.5 Å². The predicted octanol–water partition coefficient (Wildman–Crippen LogP) is 4.83. The summed E-state index contributed by atoms with van der Waals surface area (Å²) < 4.78 is 2.11. The lowest BCUT2D eigenvalue weighted by Gasteiger charge is -2.04. The topological polar surface area (TPSA) is 30.2 Å². The van der Waals surface area contributed by atoms with Gasteiger partial charge < -0.3 is 0 Å². The summed E-state index contributed by atoms with van der Waals surface area (Å²) >= 11 is 7.60. The van der Waals surface area contributed by atoms with Gasteiger partial charge in [0.15, 0.2) is 10.8 Å². The maximum Gasteiger partial charge on any atom is 0.196 e. The Morgan fingerprint density at radius 2 is 1.73 bits per heavy atom. The molecule has 3 nitrogen and oxygen atoms in total. The van der Waals surface area contributed by atoms with Crippen molar-refractivity contribution in [3.8, 4) is 0 Å². The van der Waals surface area contributed by atoms with Crippen LogP contribution >= 0.6 is 23.4 Å². The zero-order valence-electron chi connectivity index (χ0n) is 11.6. The van der Waals surface area contributed by atoms with Crippen LogP contribution in [0.3, 0.4) is 0 Å². The Morgan fingerprint density at radius 3 is 2.59 bits per heavy atom. The van der Waals surface area contributed by atoms with Crippen molar-refractivity contribution in [3.05, 3.63) is 71.2 Å². The highest BCUT2D eigenvalue weighted by atomic mass is 35.5. The maximum absolute atomic E-state index is 5.92. The molecule has 0 radical (unpaired) electrons. The number of nitrogens with zero attached hydrogens (tertiary/aromatic N) is 3. The predicted molar refractivity (Wildman–Crippen MR) is 91.5 cm³/mol. The highest BCUT2D eigenvalue weighted by Crippen LogP contribution is 2.26. The maximum atomic E-state index is 5.92. The van der Waals surface area contributed by atoms with Gasteiger partial charge in [0.1, 0.15) is 0 Å². The van der Waals surface area contributed by atoms with Gasteiger partial charge in [0.2, 0.25) is 0 Å². The van der Waals surface area contributed by atoms with Crippen LogP contribution in [0.25, 0.3) is 16.6 Å². The molecule has 5 heteroatoms. The van der Waals surface area contributed by atoms with Crippen molar-refractivity contribution in [2.45, 2.75) is 10.9 Å². The molecule has 0 atom stereocenters. The van der Waals surface area contributed by atoms with E-state index in [0.29, 0.717) is 0 Å². The number of para-hydroxylation sites is 1. The largest absolute Gasteiger partial charge is 0.270 e. The molecule has 2 aromatic carbocycles. The molecule has 0 aliphatic carbocycles. The lowest BCUT2D eigenvalue weighted by atomic mass is 10.2. The molecule has 2 aromatic heterocycles. The van der Waals surface area contributed by atoms with Crippen molar-refractivity contribution in [1.29, 1.82) is 0 Å². The van der Waals surface area contributed by atoms with Crippen molar-refractivity contribution < 1.29 is 0 Å². The van der Waals surface area contributed by atoms with Gasteiger partial charge in [-0.15, -0.1) is 10.2 Å². The fourth-order valence-corrected chi connectivity index (χ4v) is 3.47. The van der Waals surface area contributed by atoms with E-state index < -0.39 is 0 Å². The van der Waals surface area contributed by atoms with E-state index in [1.54, 1.807) is 11.8 Å². The molecule has 0 amide bonds. The summed E-state index contributed by atoms with van der Waals surface area (Å²) in [4.78, 5) is 0. The Kier molecular flexibility index (Phi) is 3.48. The smallest absolute Gasteiger partial charge is 0.196 e. The zero-order valence-corrected chi connectivity index (χ0v) is 13.2. The molecule has 2 heterocycles. The van der Waals surface area contributed by atoms with Crippen molar-refractivity contribution in [2.24, 2.45) is 0 Å². The molecule has 0 aliphatic heterocycles. The van der Waals surface area contributed by atoms with Gasteiger partial charge in [-0.2, -0.15) is 0 Å². The van der Waals surface area contributed by atoms with Crippen molar-refractivity contribution in [3.63, 3.8) is 0 Å². The number of benzene rings is 2. The number of pyridine rings is 1. The molecule has 0 bridgehead atoms. The highest BCUT2D eigenvalue weighted by molar-refractivity contribution is 7.98. The molecule has 108 valence electrons. The highest BCUT2D eigenvalue weighted by Gasteiger charge is 2.09.